The highest BCUT2D eigenvalue weighted by molar-refractivity contribution is 5.91. The van der Waals surface area contributed by atoms with Crippen LogP contribution < -0.4 is 31.4 Å². The first-order valence-electron chi connectivity index (χ1n) is 14.7. The van der Waals surface area contributed by atoms with Crippen LogP contribution in [0.5, 0.6) is 23.0 Å². The summed E-state index contributed by atoms with van der Waals surface area (Å²) in [6.45, 7) is 1.04. The van der Waals surface area contributed by atoms with Gasteiger partial charge in [-0.05, 0) is 66.9 Å². The molecule has 0 atom stereocenters. The normalized spacial score (nSPS) is 10.4. The maximum atomic E-state index is 11.9. The number of ether oxygens (including phenoxy) is 2. The topological polar surface area (TPSA) is 243 Å². The Morgan fingerprint density at radius 3 is 1.73 bits per heavy atom. The molecule has 8 N–H and O–H groups in total. The van der Waals surface area contributed by atoms with E-state index >= 15 is 0 Å². The Hall–Kier alpha value is -6.48. The molecular formula is C34H34N4O11. The smallest absolute Gasteiger partial charge is 0.371 e. The minimum absolute atomic E-state index is 0.140. The zero-order valence-corrected chi connectivity index (χ0v) is 26.4. The summed E-state index contributed by atoms with van der Waals surface area (Å²) in [5, 5.41) is 30.9. The van der Waals surface area contributed by atoms with Gasteiger partial charge in [-0.3, -0.25) is 14.4 Å². The summed E-state index contributed by atoms with van der Waals surface area (Å²) < 4.78 is 19.7. The van der Waals surface area contributed by atoms with Crippen molar-refractivity contribution in [1.82, 2.24) is 15.3 Å². The van der Waals surface area contributed by atoms with Crippen molar-refractivity contribution in [1.29, 1.82) is 0 Å². The number of aromatic nitrogens is 2. The van der Waals surface area contributed by atoms with Gasteiger partial charge in [-0.1, -0.05) is 0 Å². The zero-order valence-electron chi connectivity index (χ0n) is 26.4. The lowest BCUT2D eigenvalue weighted by Gasteiger charge is -2.05. The summed E-state index contributed by atoms with van der Waals surface area (Å²) >= 11 is 0. The number of hydrogen-bond acceptors (Lipinski definition) is 11. The number of aromatic amines is 2. The number of rotatable bonds is 9. The van der Waals surface area contributed by atoms with E-state index in [1.54, 1.807) is 14.2 Å². The van der Waals surface area contributed by atoms with Crippen molar-refractivity contribution >= 4 is 33.7 Å². The molecule has 6 rings (SSSR count). The number of nitrogens with two attached hydrogens (primary N) is 1. The van der Waals surface area contributed by atoms with Gasteiger partial charge in [0.2, 0.25) is 16.6 Å². The Morgan fingerprint density at radius 2 is 1.27 bits per heavy atom. The minimum atomic E-state index is -1.35. The predicted octanol–water partition coefficient (Wildman–Crippen LogP) is 3.53. The van der Waals surface area contributed by atoms with Gasteiger partial charge in [0.05, 0.1) is 14.2 Å². The number of carboxylic acids is 1. The maximum absolute atomic E-state index is 11.9. The largest absolute Gasteiger partial charge is 0.502 e. The van der Waals surface area contributed by atoms with E-state index in [4.69, 9.17) is 34.9 Å². The third-order valence-electron chi connectivity index (χ3n) is 7.10. The Kier molecular flexibility index (Phi) is 11.8. The number of aromatic carboxylic acids is 1. The van der Waals surface area contributed by atoms with Crippen molar-refractivity contribution in [2.45, 2.75) is 12.8 Å². The lowest BCUT2D eigenvalue weighted by Crippen LogP contribution is -2.26. The highest BCUT2D eigenvalue weighted by atomic mass is 16.5. The molecule has 0 aliphatic heterocycles. The summed E-state index contributed by atoms with van der Waals surface area (Å²) in [5.41, 5.74) is 8.52. The molecule has 0 saturated carbocycles. The Balaban J connectivity index is 0.000000183. The van der Waals surface area contributed by atoms with Gasteiger partial charge in [-0.25, -0.2) is 4.79 Å². The van der Waals surface area contributed by atoms with Gasteiger partial charge in [0.1, 0.15) is 24.0 Å². The number of fused-ring (bicyclic) bond motifs is 2. The van der Waals surface area contributed by atoms with E-state index in [0.29, 0.717) is 31.8 Å². The van der Waals surface area contributed by atoms with E-state index in [1.165, 1.54) is 10.9 Å². The van der Waals surface area contributed by atoms with Crippen molar-refractivity contribution in [3.63, 3.8) is 0 Å². The van der Waals surface area contributed by atoms with Crippen LogP contribution >= 0.6 is 0 Å². The number of hydrogen-bond donors (Lipinski definition) is 7. The molecule has 2 aromatic carbocycles. The SMILES string of the molecule is COc1ccc2[nH]cc(CCN)c2c1.COc1ccc2[nH]cc(CCNC(=O)c3cc(=O)c(O)co3)c2c1.O=C(O)c1cc(=O)c(O)co1. The lowest BCUT2D eigenvalue weighted by atomic mass is 10.1. The molecule has 4 aromatic heterocycles. The molecule has 49 heavy (non-hydrogen) atoms. The van der Waals surface area contributed by atoms with E-state index < -0.39 is 40.0 Å². The number of nitrogens with one attached hydrogen (secondary N) is 3. The number of carbonyl (C=O) groups is 2. The van der Waals surface area contributed by atoms with Crippen molar-refractivity contribution < 1.29 is 43.2 Å². The highest BCUT2D eigenvalue weighted by Crippen LogP contribution is 2.24. The van der Waals surface area contributed by atoms with Gasteiger partial charge in [-0.15, -0.1) is 0 Å². The molecular weight excluding hydrogens is 640 g/mol. The molecule has 0 spiro atoms. The first kappa shape index (κ1) is 35.4. The molecule has 0 fully saturated rings. The number of carbonyl (C=O) groups excluding carboxylic acids is 1. The molecule has 6 aromatic rings. The van der Waals surface area contributed by atoms with Gasteiger partial charge in [0.15, 0.2) is 17.3 Å². The van der Waals surface area contributed by atoms with E-state index in [-0.39, 0.29) is 5.76 Å². The maximum Gasteiger partial charge on any atom is 0.371 e. The van der Waals surface area contributed by atoms with E-state index in [0.717, 1.165) is 52.2 Å². The Labute approximate surface area is 277 Å². The van der Waals surface area contributed by atoms with Crippen LogP contribution in [0, 0.1) is 0 Å². The van der Waals surface area contributed by atoms with Gasteiger partial charge >= 0.3 is 5.97 Å². The summed E-state index contributed by atoms with van der Waals surface area (Å²) in [4.78, 5) is 50.4. The van der Waals surface area contributed by atoms with Crippen LogP contribution in [0.25, 0.3) is 21.8 Å². The van der Waals surface area contributed by atoms with Crippen LogP contribution in [0.15, 0.2) is 91.9 Å². The first-order valence-corrected chi connectivity index (χ1v) is 14.7. The molecule has 15 heteroatoms. The minimum Gasteiger partial charge on any atom is -0.502 e. The summed E-state index contributed by atoms with van der Waals surface area (Å²) in [6, 6.07) is 13.4. The van der Waals surface area contributed by atoms with Crippen LogP contribution in [0.4, 0.5) is 0 Å². The van der Waals surface area contributed by atoms with Gasteiger partial charge in [0.25, 0.3) is 5.91 Å². The second-order valence-electron chi connectivity index (χ2n) is 10.3. The van der Waals surface area contributed by atoms with Crippen molar-refractivity contribution in [2.24, 2.45) is 5.73 Å². The fraction of sp³-hybridized carbons (Fsp3) is 0.176. The van der Waals surface area contributed by atoms with Crippen LogP contribution in [0.1, 0.15) is 32.2 Å². The molecule has 0 aliphatic carbocycles. The molecule has 0 saturated heterocycles. The highest BCUT2D eigenvalue weighted by Gasteiger charge is 2.12. The fourth-order valence-electron chi connectivity index (χ4n) is 4.58. The standard InChI is InChI=1S/C17H16N2O5.C11H14N2O.C6H4O5/c1-23-11-2-3-13-12(6-11)10(8-19-13)4-5-18-17(22)16-7-14(20)15(21)9-24-16;1-14-9-2-3-11-10(6-9)8(4-5-12)7-13-11;7-3-1-5(6(9)10)11-2-4(3)8/h2-3,6-9,19,21H,4-5H2,1H3,(H,18,22);2-3,6-7,13H,4-5,12H2,1H3;1-2,8H,(H,9,10). The summed E-state index contributed by atoms with van der Waals surface area (Å²) in [6.07, 6.45) is 6.93. The Morgan fingerprint density at radius 1 is 0.776 bits per heavy atom. The lowest BCUT2D eigenvalue weighted by molar-refractivity contribution is 0.0658. The van der Waals surface area contributed by atoms with Crippen LogP contribution in [0.2, 0.25) is 0 Å². The number of benzene rings is 2. The zero-order chi connectivity index (χ0) is 35.5. The molecule has 0 unspecified atom stereocenters. The van der Waals surface area contributed by atoms with Crippen molar-refractivity contribution in [3.05, 3.63) is 117 Å². The quantitative estimate of drug-likeness (QED) is 0.116. The van der Waals surface area contributed by atoms with Crippen LogP contribution in [-0.4, -0.2) is 64.5 Å². The van der Waals surface area contributed by atoms with Gasteiger partial charge in [-0.2, -0.15) is 0 Å². The molecule has 4 heterocycles. The number of methoxy groups -OCH3 is 2. The molecule has 256 valence electrons. The number of amides is 1. The second kappa shape index (κ2) is 16.4. The van der Waals surface area contributed by atoms with Crippen LogP contribution in [0.3, 0.4) is 0 Å². The van der Waals surface area contributed by atoms with Gasteiger partial charge < -0.3 is 54.6 Å². The molecule has 15 nitrogen and oxygen atoms in total. The molecule has 0 radical (unpaired) electrons. The monoisotopic (exact) mass is 674 g/mol. The van der Waals surface area contributed by atoms with E-state index in [1.807, 2.05) is 48.8 Å². The number of carboxylic acid groups (broad SMARTS) is 1. The predicted molar refractivity (Wildman–Crippen MR) is 179 cm³/mol. The first-order chi connectivity index (χ1) is 23.5. The summed E-state index contributed by atoms with van der Waals surface area (Å²) in [5.74, 6) is -1.97. The summed E-state index contributed by atoms with van der Waals surface area (Å²) in [7, 11) is 3.29. The number of H-pyrrole nitrogens is 2. The molecule has 1 amide bonds. The van der Waals surface area contributed by atoms with Crippen molar-refractivity contribution in [3.8, 4) is 23.0 Å². The third-order valence-corrected chi connectivity index (χ3v) is 7.10. The third kappa shape index (κ3) is 9.08. The van der Waals surface area contributed by atoms with Crippen LogP contribution in [-0.2, 0) is 12.8 Å². The second-order valence-corrected chi connectivity index (χ2v) is 10.3. The average Bonchev–Trinajstić information content (AvgIpc) is 3.70. The number of aromatic hydroxyl groups is 2. The molecule has 0 aliphatic rings. The van der Waals surface area contributed by atoms with Gasteiger partial charge in [0, 0.05) is 52.9 Å². The average molecular weight is 675 g/mol. The Bertz CT molecular complexity index is 2180. The van der Waals surface area contributed by atoms with E-state index in [9.17, 15) is 19.2 Å². The van der Waals surface area contributed by atoms with Crippen molar-refractivity contribution in [2.75, 3.05) is 27.3 Å². The van der Waals surface area contributed by atoms with E-state index in [2.05, 4.69) is 19.7 Å². The molecule has 0 bridgehead atoms. The fourth-order valence-corrected chi connectivity index (χ4v) is 4.58.